The van der Waals surface area contributed by atoms with E-state index in [0.717, 1.165) is 96.3 Å². The van der Waals surface area contributed by atoms with Crippen LogP contribution in [0.2, 0.25) is 0 Å². The van der Waals surface area contributed by atoms with Crippen molar-refractivity contribution in [1.29, 1.82) is 0 Å². The van der Waals surface area contributed by atoms with Crippen molar-refractivity contribution in [2.45, 2.75) is 399 Å². The van der Waals surface area contributed by atoms with E-state index in [-0.39, 0.29) is 31.1 Å². The predicted molar refractivity (Wildman–Crippen MR) is 344 cm³/mol. The first-order valence-corrected chi connectivity index (χ1v) is 35.5. The van der Waals surface area contributed by atoms with Gasteiger partial charge in [-0.3, -0.25) is 14.4 Å². The molecule has 79 heavy (non-hydrogen) atoms. The molecule has 0 fully saturated rings. The maximum Gasteiger partial charge on any atom is 0.306 e. The summed E-state index contributed by atoms with van der Waals surface area (Å²) in [5.74, 6) is -0.867. The van der Waals surface area contributed by atoms with Gasteiger partial charge < -0.3 is 14.2 Å². The Balaban J connectivity index is 4.03. The van der Waals surface area contributed by atoms with Gasteiger partial charge in [0.25, 0.3) is 0 Å². The van der Waals surface area contributed by atoms with E-state index in [2.05, 4.69) is 57.2 Å². The highest BCUT2D eigenvalue weighted by atomic mass is 16.6. The summed E-state index contributed by atoms with van der Waals surface area (Å²) >= 11 is 0. The number of allylic oxidation sites excluding steroid dienone is 6. The van der Waals surface area contributed by atoms with Crippen LogP contribution in [0, 0.1) is 0 Å². The molecule has 0 saturated heterocycles. The molecule has 0 aliphatic carbocycles. The average molecular weight is 1110 g/mol. The van der Waals surface area contributed by atoms with Crippen LogP contribution in [0.3, 0.4) is 0 Å². The summed E-state index contributed by atoms with van der Waals surface area (Å²) in [6, 6.07) is 0. The first-order chi connectivity index (χ1) is 39.0. The highest BCUT2D eigenvalue weighted by molar-refractivity contribution is 5.71. The molecule has 0 bridgehead atoms. The Labute approximate surface area is 493 Å². The number of esters is 3. The van der Waals surface area contributed by atoms with Crippen LogP contribution in [0.25, 0.3) is 0 Å². The summed E-state index contributed by atoms with van der Waals surface area (Å²) in [6.45, 7) is 6.58. The zero-order valence-electron chi connectivity index (χ0n) is 53.4. The molecule has 0 N–H and O–H groups in total. The smallest absolute Gasteiger partial charge is 0.306 e. The molecule has 0 aromatic heterocycles. The molecule has 464 valence electrons. The standard InChI is InChI=1S/C73H136O6/c1-4-7-10-13-16-19-22-25-27-28-29-30-31-32-33-34-35-36-37-38-39-40-41-42-43-44-45-47-48-51-54-57-60-63-66-72(75)78-69-70(68-77-71(74)65-62-59-56-53-50-24-21-18-15-12-9-6-3)79-73(76)67-64-61-58-55-52-49-46-26-23-20-17-14-11-8-5-2/h8,11,17,20,26,46,70H,4-7,9-10,12-16,18-19,21-25,27-45,47-69H2,1-3H3/b11-8-,20-17-,46-26-. The van der Waals surface area contributed by atoms with Gasteiger partial charge in [-0.05, 0) is 51.4 Å². The van der Waals surface area contributed by atoms with Crippen LogP contribution in [-0.4, -0.2) is 37.2 Å². The molecule has 0 aromatic carbocycles. The van der Waals surface area contributed by atoms with Gasteiger partial charge in [0.15, 0.2) is 6.10 Å². The van der Waals surface area contributed by atoms with Crippen molar-refractivity contribution >= 4 is 17.9 Å². The second-order valence-corrected chi connectivity index (χ2v) is 24.1. The monoisotopic (exact) mass is 1110 g/mol. The number of unbranched alkanes of at least 4 members (excludes halogenated alkanes) is 49. The Morgan fingerprint density at radius 1 is 0.266 bits per heavy atom. The van der Waals surface area contributed by atoms with Gasteiger partial charge in [0, 0.05) is 19.3 Å². The first-order valence-electron chi connectivity index (χ1n) is 35.5. The van der Waals surface area contributed by atoms with Gasteiger partial charge in [-0.1, -0.05) is 359 Å². The van der Waals surface area contributed by atoms with Gasteiger partial charge in [-0.2, -0.15) is 0 Å². The topological polar surface area (TPSA) is 78.9 Å². The van der Waals surface area contributed by atoms with E-state index in [0.29, 0.717) is 19.3 Å². The van der Waals surface area contributed by atoms with Crippen LogP contribution in [0.1, 0.15) is 393 Å². The Morgan fingerprint density at radius 3 is 0.772 bits per heavy atom. The molecular weight excluding hydrogens is 973 g/mol. The molecule has 1 atom stereocenters. The maximum absolute atomic E-state index is 12.9. The lowest BCUT2D eigenvalue weighted by atomic mass is 10.0. The SMILES string of the molecule is CC/C=C\C/C=C\C/C=C\CCCCCCCC(=O)OC(COC(=O)CCCCCCCCCCCCCC)COC(=O)CCCCCCCCCCCCCCCCCCCCCCCCCCCCCCCCCCCC. The van der Waals surface area contributed by atoms with E-state index in [9.17, 15) is 14.4 Å². The fourth-order valence-electron chi connectivity index (χ4n) is 10.9. The quantitative estimate of drug-likeness (QED) is 0.0261. The zero-order chi connectivity index (χ0) is 57.1. The molecule has 0 spiro atoms. The van der Waals surface area contributed by atoms with Crippen molar-refractivity contribution in [3.63, 3.8) is 0 Å². The Kier molecular flexibility index (Phi) is 66.1. The number of carbonyl (C=O) groups excluding carboxylic acids is 3. The molecule has 0 aliphatic rings. The van der Waals surface area contributed by atoms with Crippen molar-refractivity contribution < 1.29 is 28.6 Å². The molecular formula is C73H136O6. The molecule has 6 nitrogen and oxygen atoms in total. The molecule has 0 rings (SSSR count). The summed E-state index contributed by atoms with van der Waals surface area (Å²) in [5.41, 5.74) is 0. The highest BCUT2D eigenvalue weighted by Gasteiger charge is 2.19. The van der Waals surface area contributed by atoms with E-state index in [4.69, 9.17) is 14.2 Å². The van der Waals surface area contributed by atoms with Gasteiger partial charge in [-0.25, -0.2) is 0 Å². The first kappa shape index (κ1) is 76.6. The lowest BCUT2D eigenvalue weighted by molar-refractivity contribution is -0.167. The minimum atomic E-state index is -0.778. The van der Waals surface area contributed by atoms with E-state index in [1.54, 1.807) is 0 Å². The Hall–Kier alpha value is -2.37. The van der Waals surface area contributed by atoms with Crippen LogP contribution >= 0.6 is 0 Å². The van der Waals surface area contributed by atoms with Gasteiger partial charge in [0.1, 0.15) is 13.2 Å². The summed E-state index contributed by atoms with van der Waals surface area (Å²) < 4.78 is 16.9. The molecule has 0 heterocycles. The van der Waals surface area contributed by atoms with Crippen LogP contribution in [0.4, 0.5) is 0 Å². The molecule has 0 saturated carbocycles. The Morgan fingerprint density at radius 2 is 0.494 bits per heavy atom. The van der Waals surface area contributed by atoms with Crippen molar-refractivity contribution in [2.24, 2.45) is 0 Å². The molecule has 0 amide bonds. The molecule has 6 heteroatoms. The second-order valence-electron chi connectivity index (χ2n) is 24.1. The molecule has 0 aliphatic heterocycles. The number of hydrogen-bond acceptors (Lipinski definition) is 6. The largest absolute Gasteiger partial charge is 0.462 e. The number of carbonyl (C=O) groups is 3. The zero-order valence-corrected chi connectivity index (χ0v) is 53.4. The summed E-state index contributed by atoms with van der Waals surface area (Å²) in [6.07, 6.45) is 84.9. The fraction of sp³-hybridized carbons (Fsp3) is 0.877. The molecule has 0 aromatic rings. The molecule has 1 unspecified atom stereocenters. The fourth-order valence-corrected chi connectivity index (χ4v) is 10.9. The van der Waals surface area contributed by atoms with E-state index in [1.165, 1.54) is 257 Å². The van der Waals surface area contributed by atoms with Crippen LogP contribution < -0.4 is 0 Å². The highest BCUT2D eigenvalue weighted by Crippen LogP contribution is 2.19. The van der Waals surface area contributed by atoms with Crippen molar-refractivity contribution in [2.75, 3.05) is 13.2 Å². The van der Waals surface area contributed by atoms with Gasteiger partial charge >= 0.3 is 17.9 Å². The lowest BCUT2D eigenvalue weighted by Crippen LogP contribution is -2.30. The van der Waals surface area contributed by atoms with Crippen molar-refractivity contribution in [3.05, 3.63) is 36.5 Å². The van der Waals surface area contributed by atoms with Gasteiger partial charge in [0.2, 0.25) is 0 Å². The maximum atomic E-state index is 12.9. The van der Waals surface area contributed by atoms with E-state index in [1.807, 2.05) is 0 Å². The Bertz CT molecular complexity index is 1320. The van der Waals surface area contributed by atoms with Crippen molar-refractivity contribution in [3.8, 4) is 0 Å². The number of rotatable bonds is 66. The minimum Gasteiger partial charge on any atom is -0.462 e. The normalized spacial score (nSPS) is 12.2. The second kappa shape index (κ2) is 68.1. The van der Waals surface area contributed by atoms with Gasteiger partial charge in [0.05, 0.1) is 0 Å². The minimum absolute atomic E-state index is 0.0741. The van der Waals surface area contributed by atoms with Gasteiger partial charge in [-0.15, -0.1) is 0 Å². The van der Waals surface area contributed by atoms with Crippen LogP contribution in [0.15, 0.2) is 36.5 Å². The third-order valence-corrected chi connectivity index (χ3v) is 16.2. The van der Waals surface area contributed by atoms with Crippen LogP contribution in [0.5, 0.6) is 0 Å². The lowest BCUT2D eigenvalue weighted by Gasteiger charge is -2.18. The van der Waals surface area contributed by atoms with E-state index >= 15 is 0 Å². The van der Waals surface area contributed by atoms with E-state index < -0.39 is 6.10 Å². The summed E-state index contributed by atoms with van der Waals surface area (Å²) in [4.78, 5) is 38.3. The third kappa shape index (κ3) is 66.3. The number of ether oxygens (including phenoxy) is 3. The summed E-state index contributed by atoms with van der Waals surface area (Å²) in [7, 11) is 0. The molecule has 0 radical (unpaired) electrons. The third-order valence-electron chi connectivity index (χ3n) is 16.2. The summed E-state index contributed by atoms with van der Waals surface area (Å²) in [5, 5.41) is 0. The predicted octanol–water partition coefficient (Wildman–Crippen LogP) is 24.3. The van der Waals surface area contributed by atoms with Crippen LogP contribution in [-0.2, 0) is 28.6 Å². The number of hydrogen-bond donors (Lipinski definition) is 0. The average Bonchev–Trinajstić information content (AvgIpc) is 3.45. The van der Waals surface area contributed by atoms with Crippen molar-refractivity contribution in [1.82, 2.24) is 0 Å².